The van der Waals surface area contributed by atoms with Crippen LogP contribution < -0.4 is 4.74 Å². The molecular formula is C47H71NO12S. The van der Waals surface area contributed by atoms with Crippen LogP contribution in [-0.2, 0) is 42.9 Å². The van der Waals surface area contributed by atoms with Gasteiger partial charge in [-0.3, -0.25) is 14.4 Å². The van der Waals surface area contributed by atoms with E-state index in [1.807, 2.05) is 44.4 Å². The highest BCUT2D eigenvalue weighted by Gasteiger charge is 2.56. The number of Topliss-reactive ketones (excluding diaryl/α,β-unsaturated/α-hetero) is 2. The van der Waals surface area contributed by atoms with Gasteiger partial charge in [0, 0.05) is 52.0 Å². The molecular weight excluding hydrogens is 803 g/mol. The Labute approximate surface area is 366 Å². The highest BCUT2D eigenvalue weighted by atomic mass is 32.1. The van der Waals surface area contributed by atoms with Gasteiger partial charge in [-0.2, -0.15) is 0 Å². The van der Waals surface area contributed by atoms with E-state index < -0.39 is 77.8 Å². The molecule has 0 aromatic carbocycles. The van der Waals surface area contributed by atoms with Crippen molar-refractivity contribution in [3.8, 4) is 5.06 Å². The second-order valence-corrected chi connectivity index (χ2v) is 19.1. The summed E-state index contributed by atoms with van der Waals surface area (Å²) in [5.74, 6) is -7.39. The predicted molar refractivity (Wildman–Crippen MR) is 231 cm³/mol. The molecule has 3 aliphatic heterocycles. The summed E-state index contributed by atoms with van der Waals surface area (Å²) in [5, 5.41) is 26.7. The van der Waals surface area contributed by atoms with Crippen LogP contribution in [0.3, 0.4) is 0 Å². The van der Waals surface area contributed by atoms with Crippen LogP contribution in [0, 0.1) is 29.6 Å². The van der Waals surface area contributed by atoms with Crippen LogP contribution in [0.2, 0.25) is 0 Å². The van der Waals surface area contributed by atoms with E-state index in [-0.39, 0.29) is 55.6 Å². The number of fused-ring (bicyclic) bond motifs is 3. The molecule has 342 valence electrons. The van der Waals surface area contributed by atoms with E-state index in [1.165, 1.54) is 30.5 Å². The Kier molecular flexibility index (Phi) is 17.8. The van der Waals surface area contributed by atoms with E-state index in [4.69, 9.17) is 28.4 Å². The van der Waals surface area contributed by atoms with Crippen LogP contribution in [0.15, 0.2) is 40.8 Å². The summed E-state index contributed by atoms with van der Waals surface area (Å²) in [5.41, 5.74) is 1.71. The highest BCUT2D eigenvalue weighted by molar-refractivity contribution is 7.11. The summed E-state index contributed by atoms with van der Waals surface area (Å²) < 4.78 is 36.6. The quantitative estimate of drug-likeness (QED) is 0.163. The van der Waals surface area contributed by atoms with Gasteiger partial charge in [-0.15, -0.1) is 11.3 Å². The third-order valence-corrected chi connectivity index (χ3v) is 14.4. The molecule has 0 radical (unpaired) electrons. The summed E-state index contributed by atoms with van der Waals surface area (Å²) in [6.07, 6.45) is 4.93. The average Bonchev–Trinajstić information content (AvgIpc) is 3.77. The number of aliphatic hydroxyl groups is 2. The molecule has 2 N–H and O–H groups in total. The molecule has 2 bridgehead atoms. The van der Waals surface area contributed by atoms with Crippen molar-refractivity contribution in [1.82, 2.24) is 4.90 Å². The molecule has 2 saturated heterocycles. The number of hydrogen-bond donors (Lipinski definition) is 2. The summed E-state index contributed by atoms with van der Waals surface area (Å²) in [6, 6.07) is 2.76. The number of esters is 1. The number of cyclic esters (lactones) is 1. The number of allylic oxidation sites excluding steroid dienone is 3. The second-order valence-electron chi connectivity index (χ2n) is 18.2. The fourth-order valence-corrected chi connectivity index (χ4v) is 10.6. The van der Waals surface area contributed by atoms with Crippen LogP contribution in [0.25, 0.3) is 0 Å². The molecule has 13 nitrogen and oxygen atoms in total. The van der Waals surface area contributed by atoms with Crippen LogP contribution in [0.1, 0.15) is 112 Å². The van der Waals surface area contributed by atoms with Crippen LogP contribution in [0.5, 0.6) is 5.06 Å². The van der Waals surface area contributed by atoms with Crippen molar-refractivity contribution in [3.63, 3.8) is 0 Å². The van der Waals surface area contributed by atoms with E-state index in [9.17, 15) is 29.4 Å². The van der Waals surface area contributed by atoms with E-state index >= 15 is 0 Å². The predicted octanol–water partition coefficient (Wildman–Crippen LogP) is 6.62. The summed E-state index contributed by atoms with van der Waals surface area (Å²) in [4.78, 5) is 58.2. The van der Waals surface area contributed by atoms with E-state index in [2.05, 4.69) is 13.0 Å². The summed E-state index contributed by atoms with van der Waals surface area (Å²) in [7, 11) is 4.75. The molecule has 14 heteroatoms. The maximum Gasteiger partial charge on any atom is 0.329 e. The standard InChI is InChI=1S/C47H71NO12S/c1-10-33-21-27(2)20-28(3)22-39(56-8)43-40(57-9)24-30(5)47(54,60-43)44(51)45(52)48-18-12-11-14-34(48)46(53)59-42(31(6)35(49)26-36(33)50)29(4)23-32-16-17-37(38(25-32)55-7)58-41-15-13-19-61-41/h13,15,19,21,23,28,30-35,37-40,42-43,49,54H,10-12,14,16-18,20,22,24-26H2,1-9H3. The fraction of sp³-hybridized carbons (Fsp3) is 0.745. The maximum atomic E-state index is 14.4. The minimum atomic E-state index is -2.50. The topological polar surface area (TPSA) is 167 Å². The number of thiophene rings is 1. The molecule has 0 spiro atoms. The third kappa shape index (κ3) is 11.8. The number of methoxy groups -OCH3 is 3. The molecule has 1 amide bonds. The van der Waals surface area contributed by atoms with E-state index in [1.54, 1.807) is 21.0 Å². The Bertz CT molecular complexity index is 1700. The van der Waals surface area contributed by atoms with Crippen LogP contribution in [-0.4, -0.2) is 121 Å². The molecule has 14 unspecified atom stereocenters. The smallest absolute Gasteiger partial charge is 0.329 e. The Morgan fingerprint density at radius 2 is 1.66 bits per heavy atom. The highest BCUT2D eigenvalue weighted by Crippen LogP contribution is 2.39. The lowest BCUT2D eigenvalue weighted by atomic mass is 9.81. The van der Waals surface area contributed by atoms with Gasteiger partial charge in [0.05, 0.1) is 24.4 Å². The number of amides is 1. The zero-order valence-electron chi connectivity index (χ0n) is 37.7. The number of ketones is 2. The maximum absolute atomic E-state index is 14.4. The molecule has 14 atom stereocenters. The lowest BCUT2D eigenvalue weighted by Crippen LogP contribution is -2.64. The summed E-state index contributed by atoms with van der Waals surface area (Å²) in [6.45, 7) is 11.4. The Morgan fingerprint density at radius 1 is 0.951 bits per heavy atom. The Hall–Kier alpha value is -2.98. The van der Waals surface area contributed by atoms with Crippen molar-refractivity contribution >= 4 is 34.8 Å². The number of aliphatic hydroxyl groups excluding tert-OH is 1. The molecule has 4 aliphatic rings. The number of nitrogens with zero attached hydrogens (tertiary/aromatic N) is 1. The first-order valence-electron chi connectivity index (χ1n) is 22.4. The first-order valence-corrected chi connectivity index (χ1v) is 23.2. The Balaban J connectivity index is 1.49. The second kappa shape index (κ2) is 22.1. The van der Waals surface area contributed by atoms with Gasteiger partial charge in [-0.05, 0) is 113 Å². The van der Waals surface area contributed by atoms with Crippen molar-refractivity contribution < 1.29 is 57.8 Å². The molecule has 1 saturated carbocycles. The number of carbonyl (C=O) groups excluding carboxylic acids is 4. The SMILES string of the molecule is CCC1C=C(C)CC(C)CC(OC)C2OC(O)(C(=O)C(=O)N3CCCCC3C(=O)OC(C(C)=CC3CCC(Oc4cccs4)C(OC)C3)C(C)C(O)CC1=O)C(C)CC2OC. The molecule has 1 aliphatic carbocycles. The van der Waals surface area contributed by atoms with Crippen LogP contribution in [0.4, 0.5) is 0 Å². The molecule has 1 aromatic heterocycles. The van der Waals surface area contributed by atoms with Gasteiger partial charge in [0.2, 0.25) is 5.79 Å². The first kappa shape index (κ1) is 49.0. The molecule has 1 aromatic rings. The third-order valence-electron chi connectivity index (χ3n) is 13.6. The van der Waals surface area contributed by atoms with Gasteiger partial charge < -0.3 is 43.5 Å². The monoisotopic (exact) mass is 873 g/mol. The summed E-state index contributed by atoms with van der Waals surface area (Å²) >= 11 is 1.53. The van der Waals surface area contributed by atoms with Crippen molar-refractivity contribution in [2.45, 2.75) is 167 Å². The van der Waals surface area contributed by atoms with Crippen molar-refractivity contribution in [2.24, 2.45) is 29.6 Å². The minimum absolute atomic E-state index is 0.0370. The molecule has 61 heavy (non-hydrogen) atoms. The van der Waals surface area contributed by atoms with Crippen LogP contribution >= 0.6 is 11.3 Å². The van der Waals surface area contributed by atoms with Gasteiger partial charge in [0.15, 0.2) is 5.06 Å². The minimum Gasteiger partial charge on any atom is -0.478 e. The zero-order valence-corrected chi connectivity index (χ0v) is 38.5. The van der Waals surface area contributed by atoms with Gasteiger partial charge >= 0.3 is 5.97 Å². The number of carbonyl (C=O) groups is 4. The lowest BCUT2D eigenvalue weighted by Gasteiger charge is -2.47. The van der Waals surface area contributed by atoms with Gasteiger partial charge in [-0.25, -0.2) is 4.79 Å². The first-order chi connectivity index (χ1) is 29.0. The van der Waals surface area contributed by atoms with E-state index in [0.29, 0.717) is 44.1 Å². The molecule has 3 fully saturated rings. The fourth-order valence-electron chi connectivity index (χ4n) is 9.99. The largest absolute Gasteiger partial charge is 0.478 e. The number of hydrogen-bond acceptors (Lipinski definition) is 13. The van der Waals surface area contributed by atoms with Gasteiger partial charge in [0.1, 0.15) is 30.1 Å². The normalized spacial score (nSPS) is 38.2. The van der Waals surface area contributed by atoms with Gasteiger partial charge in [0.25, 0.3) is 11.7 Å². The van der Waals surface area contributed by atoms with Gasteiger partial charge in [-0.1, -0.05) is 45.4 Å². The lowest BCUT2D eigenvalue weighted by molar-refractivity contribution is -0.302. The Morgan fingerprint density at radius 3 is 2.31 bits per heavy atom. The van der Waals surface area contributed by atoms with Crippen molar-refractivity contribution in [3.05, 3.63) is 40.8 Å². The average molecular weight is 874 g/mol. The van der Waals surface area contributed by atoms with Crippen molar-refractivity contribution in [2.75, 3.05) is 27.9 Å². The molecule has 5 rings (SSSR count). The van der Waals surface area contributed by atoms with E-state index in [0.717, 1.165) is 23.5 Å². The number of rotatable bonds is 8. The number of ether oxygens (including phenoxy) is 6. The number of piperidine rings is 1. The molecule has 4 heterocycles. The zero-order chi connectivity index (χ0) is 44.6. The van der Waals surface area contributed by atoms with Crippen molar-refractivity contribution in [1.29, 1.82) is 0 Å².